The number of aryl methyl sites for hydroxylation is 2. The molecule has 8 nitrogen and oxygen atoms in total. The molecule has 0 amide bonds. The summed E-state index contributed by atoms with van der Waals surface area (Å²) < 4.78 is 5.22. The van der Waals surface area contributed by atoms with Crippen LogP contribution in [0.4, 0.5) is 11.5 Å². The van der Waals surface area contributed by atoms with Crippen molar-refractivity contribution in [2.24, 2.45) is 0 Å². The molecule has 9 heteroatoms. The lowest BCUT2D eigenvalue weighted by Crippen LogP contribution is -2.15. The molecule has 0 saturated carbocycles. The number of anilines is 2. The first-order valence-corrected chi connectivity index (χ1v) is 14.3. The number of nitrogens with zero attached hydrogens (tertiary/aromatic N) is 5. The van der Waals surface area contributed by atoms with Gasteiger partial charge in [-0.1, -0.05) is 43.3 Å². The molecule has 0 aliphatic carbocycles. The number of thiazole rings is 1. The van der Waals surface area contributed by atoms with Gasteiger partial charge >= 0.3 is 0 Å². The number of nitrogen functional groups attached to an aromatic ring is 1. The number of para-hydroxylation sites is 1. The Morgan fingerprint density at radius 3 is 2.43 bits per heavy atom. The number of pyridine rings is 1. The van der Waals surface area contributed by atoms with Crippen LogP contribution < -0.4 is 15.4 Å². The van der Waals surface area contributed by atoms with Gasteiger partial charge in [-0.2, -0.15) is 0 Å². The second kappa shape index (κ2) is 14.1. The minimum absolute atomic E-state index is 0.515. The highest BCUT2D eigenvalue weighted by atomic mass is 32.1. The van der Waals surface area contributed by atoms with Crippen LogP contribution in [0.5, 0.6) is 5.88 Å². The van der Waals surface area contributed by atoms with Crippen molar-refractivity contribution in [1.82, 2.24) is 19.9 Å². The van der Waals surface area contributed by atoms with Gasteiger partial charge in [-0.25, -0.2) is 19.9 Å². The van der Waals surface area contributed by atoms with Gasteiger partial charge in [-0.3, -0.25) is 4.79 Å². The number of methoxy groups -OCH3 is 1. The summed E-state index contributed by atoms with van der Waals surface area (Å²) in [6.45, 7) is 5.89. The molecule has 0 fully saturated rings. The molecular weight excluding hydrogens is 544 g/mol. The van der Waals surface area contributed by atoms with Crippen LogP contribution in [0.1, 0.15) is 40.1 Å². The molecule has 2 aromatic carbocycles. The molecule has 3 aromatic heterocycles. The maximum atomic E-state index is 12.0. The number of benzene rings is 2. The van der Waals surface area contributed by atoms with Gasteiger partial charge < -0.3 is 15.4 Å². The zero-order valence-corrected chi connectivity index (χ0v) is 25.2. The summed E-state index contributed by atoms with van der Waals surface area (Å²) in [7, 11) is 3.63. The van der Waals surface area contributed by atoms with Crippen molar-refractivity contribution in [2.45, 2.75) is 27.2 Å². The van der Waals surface area contributed by atoms with E-state index in [1.54, 1.807) is 37.0 Å². The third-order valence-corrected chi connectivity index (χ3v) is 7.54. The Hall–Kier alpha value is -4.89. The van der Waals surface area contributed by atoms with Gasteiger partial charge in [0.1, 0.15) is 11.6 Å². The van der Waals surface area contributed by atoms with Gasteiger partial charge in [-0.15, -0.1) is 11.3 Å². The van der Waals surface area contributed by atoms with Crippen LogP contribution in [0, 0.1) is 13.8 Å². The average Bonchev–Trinajstić information content (AvgIpc) is 3.45. The highest BCUT2D eigenvalue weighted by Gasteiger charge is 2.12. The first-order valence-electron chi connectivity index (χ1n) is 13.4. The van der Waals surface area contributed by atoms with Crippen molar-refractivity contribution >= 4 is 35.2 Å². The Kier molecular flexibility index (Phi) is 10.1. The van der Waals surface area contributed by atoms with Crippen LogP contribution in [0.2, 0.25) is 0 Å². The van der Waals surface area contributed by atoms with Crippen LogP contribution in [0.3, 0.4) is 0 Å². The van der Waals surface area contributed by atoms with E-state index in [2.05, 4.69) is 50.0 Å². The molecule has 0 spiro atoms. The molecular formula is C33H34N6O2S. The van der Waals surface area contributed by atoms with Crippen LogP contribution in [0.15, 0.2) is 85.0 Å². The van der Waals surface area contributed by atoms with E-state index in [4.69, 9.17) is 10.5 Å². The fourth-order valence-electron chi connectivity index (χ4n) is 4.38. The first kappa shape index (κ1) is 30.1. The summed E-state index contributed by atoms with van der Waals surface area (Å²) in [5.74, 6) is 1.72. The average molecular weight is 579 g/mol. The van der Waals surface area contributed by atoms with E-state index in [-0.39, 0.29) is 0 Å². The zero-order chi connectivity index (χ0) is 30.1. The third-order valence-electron chi connectivity index (χ3n) is 6.60. The second-order valence-corrected chi connectivity index (χ2v) is 10.6. The van der Waals surface area contributed by atoms with Gasteiger partial charge in [-0.05, 0) is 61.2 Å². The minimum Gasteiger partial charge on any atom is -0.481 e. The minimum atomic E-state index is 0.515. The SMILES string of the molecule is CC/C(=C/c1cccc(-c2ccnc(OC)c2)c1C=O)N(C)c1ccccc1.Cc1ncc(-c2cnc(C)s2)c(N)n1. The topological polar surface area (TPSA) is 107 Å². The molecule has 0 bridgehead atoms. The number of ether oxygens (including phenoxy) is 1. The predicted molar refractivity (Wildman–Crippen MR) is 172 cm³/mol. The fourth-order valence-corrected chi connectivity index (χ4v) is 5.17. The number of carbonyl (C=O) groups excluding carboxylic acids is 1. The number of hydrogen-bond donors (Lipinski definition) is 1. The molecule has 42 heavy (non-hydrogen) atoms. The number of hydrogen-bond acceptors (Lipinski definition) is 9. The molecule has 5 aromatic rings. The van der Waals surface area contributed by atoms with Crippen molar-refractivity contribution in [3.05, 3.63) is 107 Å². The lowest BCUT2D eigenvalue weighted by atomic mass is 9.96. The van der Waals surface area contributed by atoms with E-state index < -0.39 is 0 Å². The molecule has 0 aliphatic heterocycles. The number of nitrogens with two attached hydrogens (primary N) is 1. The van der Waals surface area contributed by atoms with Gasteiger partial charge in [0.2, 0.25) is 5.88 Å². The van der Waals surface area contributed by atoms with E-state index in [1.165, 1.54) is 0 Å². The van der Waals surface area contributed by atoms with Crippen molar-refractivity contribution in [2.75, 3.05) is 24.8 Å². The molecule has 0 radical (unpaired) electrons. The molecule has 5 rings (SSSR count). The maximum Gasteiger partial charge on any atom is 0.213 e. The molecule has 0 saturated heterocycles. The quantitative estimate of drug-likeness (QED) is 0.192. The Morgan fingerprint density at radius 2 is 1.79 bits per heavy atom. The van der Waals surface area contributed by atoms with Gasteiger partial charge in [0.15, 0.2) is 6.29 Å². The number of aromatic nitrogens is 4. The van der Waals surface area contributed by atoms with Crippen LogP contribution in [-0.4, -0.2) is 40.4 Å². The molecule has 0 aliphatic rings. The van der Waals surface area contributed by atoms with Crippen molar-refractivity contribution < 1.29 is 9.53 Å². The molecule has 0 atom stereocenters. The van der Waals surface area contributed by atoms with E-state index in [1.807, 2.05) is 69.4 Å². The number of rotatable bonds is 8. The smallest absolute Gasteiger partial charge is 0.213 e. The molecule has 214 valence electrons. The van der Waals surface area contributed by atoms with Crippen LogP contribution in [-0.2, 0) is 0 Å². The Balaban J connectivity index is 0.000000241. The summed E-state index contributed by atoms with van der Waals surface area (Å²) in [5.41, 5.74) is 12.2. The van der Waals surface area contributed by atoms with Crippen molar-refractivity contribution in [3.63, 3.8) is 0 Å². The lowest BCUT2D eigenvalue weighted by molar-refractivity contribution is 0.112. The standard InChI is InChI=1S/C24H24N2O2.C9H10N4S/c1-4-20(26(2)21-10-6-5-7-11-21)15-18-9-8-12-22(23(18)17-27)19-13-14-25-24(16-19)28-3;1-5-11-3-7(9(10)13-5)8-4-12-6(2)14-8/h5-17H,4H2,1-3H3;3-4H,1-2H3,(H2,10,11,13)/b20-15-;. The molecule has 0 unspecified atom stereocenters. The third kappa shape index (κ3) is 7.24. The summed E-state index contributed by atoms with van der Waals surface area (Å²) in [4.78, 5) is 31.7. The van der Waals surface area contributed by atoms with Crippen LogP contribution >= 0.6 is 11.3 Å². The largest absolute Gasteiger partial charge is 0.481 e. The molecule has 2 N–H and O–H groups in total. The van der Waals surface area contributed by atoms with E-state index >= 15 is 0 Å². The van der Waals surface area contributed by atoms with Crippen molar-refractivity contribution in [1.29, 1.82) is 0 Å². The summed E-state index contributed by atoms with van der Waals surface area (Å²) in [6.07, 6.45) is 9.07. The Bertz CT molecular complexity index is 1680. The molecule has 3 heterocycles. The van der Waals surface area contributed by atoms with E-state index in [0.717, 1.165) is 56.2 Å². The Morgan fingerprint density at radius 1 is 1.00 bits per heavy atom. The summed E-state index contributed by atoms with van der Waals surface area (Å²) in [5, 5.41) is 1.01. The highest BCUT2D eigenvalue weighted by molar-refractivity contribution is 7.15. The maximum absolute atomic E-state index is 12.0. The monoisotopic (exact) mass is 578 g/mol. The number of carbonyl (C=O) groups is 1. The lowest BCUT2D eigenvalue weighted by Gasteiger charge is -2.22. The summed E-state index contributed by atoms with van der Waals surface area (Å²) >= 11 is 1.59. The Labute approximate surface area is 250 Å². The number of aldehydes is 1. The first-order chi connectivity index (χ1) is 20.3. The number of allylic oxidation sites excluding steroid dienone is 1. The van der Waals surface area contributed by atoms with E-state index in [0.29, 0.717) is 23.1 Å². The summed E-state index contributed by atoms with van der Waals surface area (Å²) in [6, 6.07) is 19.8. The normalized spacial score (nSPS) is 10.9. The fraction of sp³-hybridized carbons (Fsp3) is 0.182. The predicted octanol–water partition coefficient (Wildman–Crippen LogP) is 7.26. The second-order valence-electron chi connectivity index (χ2n) is 9.36. The highest BCUT2D eigenvalue weighted by Crippen LogP contribution is 2.30. The van der Waals surface area contributed by atoms with Gasteiger partial charge in [0.05, 0.1) is 22.6 Å². The van der Waals surface area contributed by atoms with Crippen molar-refractivity contribution in [3.8, 4) is 27.4 Å². The van der Waals surface area contributed by atoms with E-state index in [9.17, 15) is 4.79 Å². The van der Waals surface area contributed by atoms with Gasteiger partial charge in [0, 0.05) is 48.7 Å². The van der Waals surface area contributed by atoms with Gasteiger partial charge in [0.25, 0.3) is 0 Å². The van der Waals surface area contributed by atoms with Crippen LogP contribution in [0.25, 0.3) is 27.6 Å². The zero-order valence-electron chi connectivity index (χ0n) is 24.4.